The first-order chi connectivity index (χ1) is 37.5. The molecule has 2 fully saturated rings. The van der Waals surface area contributed by atoms with Crippen LogP contribution in [0.25, 0.3) is 33.2 Å². The molecule has 408 valence electrons. The highest BCUT2D eigenvalue weighted by Gasteiger charge is 2.30. The highest BCUT2D eigenvalue weighted by atomic mass is 79.9. The summed E-state index contributed by atoms with van der Waals surface area (Å²) in [6.07, 6.45) is 25.9. The molecule has 2 saturated heterocycles. The van der Waals surface area contributed by atoms with Gasteiger partial charge >= 0.3 is 7.12 Å². The molecule has 4 atom stereocenters. The minimum absolute atomic E-state index is 0.0143. The molecule has 4 aliphatic rings. The van der Waals surface area contributed by atoms with Crippen LogP contribution in [-0.2, 0) is 33.1 Å². The maximum Gasteiger partial charge on any atom is 0.489 e. The molecule has 78 heavy (non-hydrogen) atoms. The van der Waals surface area contributed by atoms with Crippen molar-refractivity contribution in [1.82, 2.24) is 60.1 Å². The quantitative estimate of drug-likeness (QED) is 0.104. The number of hydrogen-bond donors (Lipinski definition) is 4. The molecule has 0 radical (unpaired) electrons. The van der Waals surface area contributed by atoms with E-state index >= 15 is 0 Å². The summed E-state index contributed by atoms with van der Waals surface area (Å²) in [5.74, 6) is -0.134. The smallest absolute Gasteiger partial charge is 0.423 e. The Morgan fingerprint density at radius 3 is 1.65 bits per heavy atom. The van der Waals surface area contributed by atoms with Gasteiger partial charge in [-0.15, -0.1) is 22.7 Å². The fourth-order valence-electron chi connectivity index (χ4n) is 10.3. The van der Waals surface area contributed by atoms with E-state index in [9.17, 15) is 19.6 Å². The molecular weight excluding hydrogens is 1090 g/mol. The van der Waals surface area contributed by atoms with E-state index < -0.39 is 7.12 Å². The van der Waals surface area contributed by atoms with Gasteiger partial charge in [0.2, 0.25) is 0 Å². The number of carbonyl (C=O) groups excluding carboxylic acids is 2. The van der Waals surface area contributed by atoms with Crippen LogP contribution in [0.4, 0.5) is 0 Å². The number of nitrogens with zero attached hydrogens (tertiary/aromatic N) is 10. The minimum atomic E-state index is -1.51. The number of thiazole rings is 2. The maximum atomic E-state index is 13.0. The zero-order valence-electron chi connectivity index (χ0n) is 44.9. The number of carbonyl (C=O) groups is 2. The molecule has 8 aromatic rings. The molecule has 0 spiro atoms. The lowest BCUT2D eigenvalue weighted by molar-refractivity contribution is -0.0371. The Hall–Kier alpha value is -5.88. The monoisotopic (exact) mass is 1160 g/mol. The normalized spacial score (nSPS) is 19.4. The molecular formula is C56H66BBrN12O6S2. The molecule has 4 N–H and O–H groups in total. The van der Waals surface area contributed by atoms with E-state index in [1.54, 1.807) is 41.7 Å². The molecule has 0 bridgehead atoms. The van der Waals surface area contributed by atoms with Crippen molar-refractivity contribution in [3.05, 3.63) is 121 Å². The summed E-state index contributed by atoms with van der Waals surface area (Å²) in [4.78, 5) is 54.0. The first kappa shape index (κ1) is 55.4. The molecule has 8 aromatic heterocycles. The average Bonchev–Trinajstić information content (AvgIpc) is 4.33. The van der Waals surface area contributed by atoms with E-state index in [2.05, 4.69) is 115 Å². The third-order valence-corrected chi connectivity index (χ3v) is 17.6. The average molecular weight is 1160 g/mol. The number of ether oxygens (including phenoxy) is 2. The Bertz CT molecular complexity index is 3410. The second-order valence-electron chi connectivity index (χ2n) is 22.3. The van der Waals surface area contributed by atoms with Crippen molar-refractivity contribution in [2.75, 3.05) is 13.2 Å². The van der Waals surface area contributed by atoms with Crippen molar-refractivity contribution >= 4 is 85.1 Å². The number of fused-ring (bicyclic) bond motifs is 4. The topological polar surface area (TPSA) is 230 Å². The number of halogens is 1. The van der Waals surface area contributed by atoms with Crippen LogP contribution >= 0.6 is 38.6 Å². The standard InChI is InChI=1S/C28H32N6O2S.C17H20BrN3OS.C11H14BN3O3/c1-28(2,3)27-31-16-22(37-27)26(35)33-21-8-6-7-17-13-18(14-30-24(17)21)19-10-11-29-25-20(19)15-32-34(25)23-9-4-5-12-36-23;1-17(2,3)16-20-9-13(23-16)15(22)21-12-6-4-5-10-7-11(18)8-19-14(10)12;16-12(17)9-4-5-13-11-8(9)7-14-15(11)10-3-1-2-6-18-10/h10-11,13-16,21,23H,4-9,12H2,1-3H3,(H,33,35);7-9,12H,4-6H2,1-3H3,(H,21,22);4-5,7,10,16-17H,1-3,6H2/t21-,23?;12-;/m11./s1. The molecule has 12 rings (SSSR count). The Morgan fingerprint density at radius 2 is 1.14 bits per heavy atom. The fourth-order valence-corrected chi connectivity index (χ4v) is 12.4. The second-order valence-corrected chi connectivity index (χ2v) is 25.3. The summed E-state index contributed by atoms with van der Waals surface area (Å²) >= 11 is 6.40. The largest absolute Gasteiger partial charge is 0.489 e. The number of nitrogens with one attached hydrogen (secondary N) is 2. The number of aryl methyl sites for hydroxylation is 2. The lowest BCUT2D eigenvalue weighted by atomic mass is 9.79. The number of amides is 2. The molecule has 22 heteroatoms. The lowest BCUT2D eigenvalue weighted by Crippen LogP contribution is -2.31. The highest BCUT2D eigenvalue weighted by molar-refractivity contribution is 9.10. The van der Waals surface area contributed by atoms with E-state index in [1.165, 1.54) is 33.8 Å². The predicted octanol–water partition coefficient (Wildman–Crippen LogP) is 9.97. The van der Waals surface area contributed by atoms with E-state index in [-0.39, 0.29) is 47.2 Å². The summed E-state index contributed by atoms with van der Waals surface area (Å²) in [6.45, 7) is 14.1. The molecule has 18 nitrogen and oxygen atoms in total. The van der Waals surface area contributed by atoms with E-state index in [0.717, 1.165) is 138 Å². The number of pyridine rings is 4. The third-order valence-electron chi connectivity index (χ3n) is 14.3. The van der Waals surface area contributed by atoms with Gasteiger partial charge in [0.25, 0.3) is 11.8 Å². The predicted molar refractivity (Wildman–Crippen MR) is 306 cm³/mol. The van der Waals surface area contributed by atoms with Crippen molar-refractivity contribution in [2.45, 2.75) is 154 Å². The highest BCUT2D eigenvalue weighted by Crippen LogP contribution is 2.37. The van der Waals surface area contributed by atoms with Gasteiger partial charge in [-0.1, -0.05) is 41.5 Å². The minimum Gasteiger partial charge on any atom is -0.423 e. The lowest BCUT2D eigenvalue weighted by Gasteiger charge is -2.25. The molecule has 2 amide bonds. The summed E-state index contributed by atoms with van der Waals surface area (Å²) in [5, 5.41) is 37.5. The van der Waals surface area contributed by atoms with Crippen LogP contribution in [0, 0.1) is 0 Å². The van der Waals surface area contributed by atoms with Crippen LogP contribution in [-0.4, -0.2) is 91.7 Å². The van der Waals surface area contributed by atoms with E-state index in [0.29, 0.717) is 26.3 Å². The van der Waals surface area contributed by atoms with E-state index in [4.69, 9.17) is 14.5 Å². The Labute approximate surface area is 470 Å². The van der Waals surface area contributed by atoms with Crippen molar-refractivity contribution in [1.29, 1.82) is 0 Å². The van der Waals surface area contributed by atoms with Gasteiger partial charge in [-0.2, -0.15) is 10.2 Å². The SMILES string of the molecule is CC(C)(C)c1ncc(C(=O)N[C@@H]2CCCc3cc(-c4ccnc5c4cnn5C4CCCCO4)cnc32)s1.CC(C)(C)c1ncc(C(=O)N[C@@H]2CCCc3cc(Br)cnc32)s1.OB(O)c1ccnc2c1cnn2C1CCCCO1. The molecule has 2 aliphatic heterocycles. The van der Waals surface area contributed by atoms with Crippen LogP contribution in [0.15, 0.2) is 78.3 Å². The Morgan fingerprint density at radius 1 is 0.628 bits per heavy atom. The third kappa shape index (κ3) is 12.4. The zero-order chi connectivity index (χ0) is 54.7. The summed E-state index contributed by atoms with van der Waals surface area (Å²) < 4.78 is 16.2. The van der Waals surface area contributed by atoms with Crippen LogP contribution in [0.5, 0.6) is 0 Å². The van der Waals surface area contributed by atoms with Gasteiger partial charge in [0.15, 0.2) is 23.8 Å². The van der Waals surface area contributed by atoms with E-state index in [1.807, 2.05) is 29.3 Å². The van der Waals surface area contributed by atoms with Crippen LogP contribution in [0.3, 0.4) is 0 Å². The van der Waals surface area contributed by atoms with Crippen LogP contribution in [0.2, 0.25) is 0 Å². The second kappa shape index (κ2) is 23.8. The zero-order valence-corrected chi connectivity index (χ0v) is 48.1. The number of aromatic nitrogens is 10. The van der Waals surface area contributed by atoms with Gasteiger partial charge in [-0.05, 0) is 139 Å². The maximum absolute atomic E-state index is 13.0. The fraction of sp³-hybridized carbons (Fsp3) is 0.464. The van der Waals surface area contributed by atoms with Gasteiger partial charge < -0.3 is 30.2 Å². The Kier molecular flexibility index (Phi) is 16.9. The summed E-state index contributed by atoms with van der Waals surface area (Å²) in [5.41, 5.74) is 8.24. The van der Waals surface area contributed by atoms with Crippen molar-refractivity contribution in [3.63, 3.8) is 0 Å². The van der Waals surface area contributed by atoms with Crippen LogP contribution < -0.4 is 16.1 Å². The Balaban J connectivity index is 0.000000143. The number of hydrogen-bond acceptors (Lipinski definition) is 16. The van der Waals surface area contributed by atoms with Crippen molar-refractivity contribution < 1.29 is 29.1 Å². The van der Waals surface area contributed by atoms with Gasteiger partial charge in [0, 0.05) is 69.6 Å². The van der Waals surface area contributed by atoms with Gasteiger partial charge in [0.1, 0.15) is 9.75 Å². The number of rotatable bonds is 8. The molecule has 0 aromatic carbocycles. The molecule has 2 aliphatic carbocycles. The van der Waals surface area contributed by atoms with Crippen LogP contribution in [0.1, 0.15) is 182 Å². The molecule has 0 saturated carbocycles. The first-order valence-corrected chi connectivity index (χ1v) is 29.3. The van der Waals surface area contributed by atoms with Gasteiger partial charge in [-0.25, -0.2) is 29.3 Å². The van der Waals surface area contributed by atoms with Gasteiger partial charge in [-0.3, -0.25) is 19.6 Å². The first-order valence-electron chi connectivity index (χ1n) is 26.9. The summed E-state index contributed by atoms with van der Waals surface area (Å²) in [6, 6.07) is 7.81. The molecule has 2 unspecified atom stereocenters. The van der Waals surface area contributed by atoms with Crippen molar-refractivity contribution in [3.8, 4) is 11.1 Å². The molecule has 10 heterocycles. The summed E-state index contributed by atoms with van der Waals surface area (Å²) in [7, 11) is -1.51. The van der Waals surface area contributed by atoms with Crippen molar-refractivity contribution in [2.24, 2.45) is 0 Å². The van der Waals surface area contributed by atoms with Gasteiger partial charge in [0.05, 0.1) is 58.3 Å².